The predicted octanol–water partition coefficient (Wildman–Crippen LogP) is 1.98. The van der Waals surface area contributed by atoms with Crippen LogP contribution < -0.4 is 5.32 Å². The Kier molecular flexibility index (Phi) is 5.19. The Morgan fingerprint density at radius 2 is 2.05 bits per heavy atom. The number of carbonyl (C=O) groups excluding carboxylic acids is 2. The molecule has 120 valence electrons. The first-order valence-electron chi connectivity index (χ1n) is 7.76. The highest BCUT2D eigenvalue weighted by atomic mass is 16.3. The average Bonchev–Trinajstić information content (AvgIpc) is 2.96. The summed E-state index contributed by atoms with van der Waals surface area (Å²) in [5.41, 5.74) is 1.75. The highest BCUT2D eigenvalue weighted by molar-refractivity contribution is 6.39. The number of hydrogen-bond acceptors (Lipinski definition) is 3. The van der Waals surface area contributed by atoms with E-state index in [1.807, 2.05) is 18.2 Å². The fourth-order valence-corrected chi connectivity index (χ4v) is 2.67. The van der Waals surface area contributed by atoms with Gasteiger partial charge < -0.3 is 15.3 Å². The fraction of sp³-hybridized carbons (Fsp3) is 0.529. The SMILES string of the molecule is CC(C)c1cccc(NC(=O)C(=O)N2CCC(C(C)O)C2)c1. The molecule has 0 aromatic heterocycles. The zero-order valence-corrected chi connectivity index (χ0v) is 13.4. The van der Waals surface area contributed by atoms with Crippen molar-refractivity contribution in [1.82, 2.24) is 4.90 Å². The van der Waals surface area contributed by atoms with Crippen molar-refractivity contribution in [3.05, 3.63) is 29.8 Å². The number of nitrogens with one attached hydrogen (secondary N) is 1. The molecule has 2 atom stereocenters. The molecule has 1 aromatic rings. The molecule has 1 saturated heterocycles. The van der Waals surface area contributed by atoms with E-state index in [0.717, 1.165) is 12.0 Å². The van der Waals surface area contributed by atoms with Gasteiger partial charge in [0.25, 0.3) is 0 Å². The third-order valence-corrected chi connectivity index (χ3v) is 4.20. The lowest BCUT2D eigenvalue weighted by atomic mass is 10.0. The Balaban J connectivity index is 1.97. The highest BCUT2D eigenvalue weighted by Crippen LogP contribution is 2.21. The minimum Gasteiger partial charge on any atom is -0.393 e. The number of amides is 2. The van der Waals surface area contributed by atoms with Crippen molar-refractivity contribution in [3.8, 4) is 0 Å². The second-order valence-electron chi connectivity index (χ2n) is 6.27. The van der Waals surface area contributed by atoms with Crippen LogP contribution in [0.5, 0.6) is 0 Å². The van der Waals surface area contributed by atoms with Gasteiger partial charge in [-0.2, -0.15) is 0 Å². The summed E-state index contributed by atoms with van der Waals surface area (Å²) in [6.07, 6.45) is 0.281. The first-order chi connectivity index (χ1) is 10.4. The van der Waals surface area contributed by atoms with Crippen LogP contribution in [0.15, 0.2) is 24.3 Å². The average molecular weight is 304 g/mol. The Labute approximate surface area is 131 Å². The van der Waals surface area contributed by atoms with Crippen molar-refractivity contribution in [2.45, 2.75) is 39.2 Å². The van der Waals surface area contributed by atoms with Crippen LogP contribution in [0.3, 0.4) is 0 Å². The molecule has 5 nitrogen and oxygen atoms in total. The van der Waals surface area contributed by atoms with E-state index in [0.29, 0.717) is 24.7 Å². The molecule has 0 radical (unpaired) electrons. The molecule has 1 aromatic carbocycles. The second kappa shape index (κ2) is 6.92. The molecule has 2 N–H and O–H groups in total. The predicted molar refractivity (Wildman–Crippen MR) is 85.5 cm³/mol. The van der Waals surface area contributed by atoms with Crippen LogP contribution in [-0.2, 0) is 9.59 Å². The maximum Gasteiger partial charge on any atom is 0.313 e. The van der Waals surface area contributed by atoms with Crippen molar-refractivity contribution < 1.29 is 14.7 Å². The van der Waals surface area contributed by atoms with Crippen LogP contribution in [0.4, 0.5) is 5.69 Å². The Morgan fingerprint density at radius 3 is 2.64 bits per heavy atom. The molecule has 2 rings (SSSR count). The van der Waals surface area contributed by atoms with Gasteiger partial charge in [0.2, 0.25) is 0 Å². The van der Waals surface area contributed by atoms with E-state index >= 15 is 0 Å². The molecule has 22 heavy (non-hydrogen) atoms. The Bertz CT molecular complexity index is 555. The third-order valence-electron chi connectivity index (χ3n) is 4.20. The monoisotopic (exact) mass is 304 g/mol. The minimum atomic E-state index is -0.618. The molecule has 1 aliphatic heterocycles. The number of carbonyl (C=O) groups is 2. The largest absolute Gasteiger partial charge is 0.393 e. The lowest BCUT2D eigenvalue weighted by Gasteiger charge is -2.17. The number of anilines is 1. The molecule has 0 aliphatic carbocycles. The van der Waals surface area contributed by atoms with E-state index in [1.165, 1.54) is 4.90 Å². The lowest BCUT2D eigenvalue weighted by Crippen LogP contribution is -2.38. The number of aliphatic hydroxyl groups is 1. The summed E-state index contributed by atoms with van der Waals surface area (Å²) < 4.78 is 0. The van der Waals surface area contributed by atoms with Gasteiger partial charge in [0, 0.05) is 24.7 Å². The lowest BCUT2D eigenvalue weighted by molar-refractivity contribution is -0.142. The Hall–Kier alpha value is -1.88. The van der Waals surface area contributed by atoms with Crippen LogP contribution in [0, 0.1) is 5.92 Å². The summed E-state index contributed by atoms with van der Waals surface area (Å²) in [6.45, 7) is 6.83. The van der Waals surface area contributed by atoms with Crippen LogP contribution in [-0.4, -0.2) is 41.0 Å². The molecule has 2 amide bonds. The van der Waals surface area contributed by atoms with Gasteiger partial charge in [-0.05, 0) is 37.0 Å². The van der Waals surface area contributed by atoms with Gasteiger partial charge in [-0.1, -0.05) is 26.0 Å². The van der Waals surface area contributed by atoms with Gasteiger partial charge in [-0.15, -0.1) is 0 Å². The normalized spacial score (nSPS) is 19.3. The molecule has 1 aliphatic rings. The van der Waals surface area contributed by atoms with Crippen molar-refractivity contribution >= 4 is 17.5 Å². The maximum atomic E-state index is 12.2. The zero-order valence-electron chi connectivity index (χ0n) is 13.4. The summed E-state index contributed by atoms with van der Waals surface area (Å²) in [5.74, 6) is -0.732. The molecule has 5 heteroatoms. The topological polar surface area (TPSA) is 69.6 Å². The molecule has 2 unspecified atom stereocenters. The van der Waals surface area contributed by atoms with Gasteiger partial charge in [0.1, 0.15) is 0 Å². The van der Waals surface area contributed by atoms with Crippen LogP contribution in [0.1, 0.15) is 38.7 Å². The van der Waals surface area contributed by atoms with Gasteiger partial charge in [0.05, 0.1) is 6.10 Å². The summed E-state index contributed by atoms with van der Waals surface area (Å²) in [7, 11) is 0. The number of nitrogens with zero attached hydrogens (tertiary/aromatic N) is 1. The smallest absolute Gasteiger partial charge is 0.313 e. The van der Waals surface area contributed by atoms with Crippen LogP contribution in [0.2, 0.25) is 0 Å². The minimum absolute atomic E-state index is 0.0565. The molecule has 1 heterocycles. The Morgan fingerprint density at radius 1 is 1.32 bits per heavy atom. The highest BCUT2D eigenvalue weighted by Gasteiger charge is 2.32. The maximum absolute atomic E-state index is 12.2. The summed E-state index contributed by atoms with van der Waals surface area (Å²) in [4.78, 5) is 25.8. The third kappa shape index (κ3) is 3.85. The number of aliphatic hydroxyl groups excluding tert-OH is 1. The number of rotatable bonds is 3. The van der Waals surface area contributed by atoms with E-state index < -0.39 is 17.9 Å². The zero-order chi connectivity index (χ0) is 16.3. The standard InChI is InChI=1S/C17H24N2O3/c1-11(2)13-5-4-6-15(9-13)18-16(21)17(22)19-8-7-14(10-19)12(3)20/h4-6,9,11-12,14,20H,7-8,10H2,1-3H3,(H,18,21). The van der Waals surface area contributed by atoms with Gasteiger partial charge in [0.15, 0.2) is 0 Å². The van der Waals surface area contributed by atoms with Crippen LogP contribution in [0.25, 0.3) is 0 Å². The van der Waals surface area contributed by atoms with E-state index in [1.54, 1.807) is 13.0 Å². The van der Waals surface area contributed by atoms with E-state index in [4.69, 9.17) is 0 Å². The fourth-order valence-electron chi connectivity index (χ4n) is 2.67. The first kappa shape index (κ1) is 16.5. The summed E-state index contributed by atoms with van der Waals surface area (Å²) in [6, 6.07) is 7.53. The van der Waals surface area contributed by atoms with Gasteiger partial charge in [-0.25, -0.2) is 0 Å². The summed E-state index contributed by atoms with van der Waals surface area (Å²) >= 11 is 0. The van der Waals surface area contributed by atoms with Crippen molar-refractivity contribution in [3.63, 3.8) is 0 Å². The molecule has 0 saturated carbocycles. The van der Waals surface area contributed by atoms with E-state index in [2.05, 4.69) is 19.2 Å². The van der Waals surface area contributed by atoms with Crippen molar-refractivity contribution in [1.29, 1.82) is 0 Å². The van der Waals surface area contributed by atoms with Crippen molar-refractivity contribution in [2.24, 2.45) is 5.92 Å². The molecular formula is C17H24N2O3. The molecule has 0 spiro atoms. The first-order valence-corrected chi connectivity index (χ1v) is 7.76. The van der Waals surface area contributed by atoms with Gasteiger partial charge >= 0.3 is 11.8 Å². The quantitative estimate of drug-likeness (QED) is 0.839. The van der Waals surface area contributed by atoms with Gasteiger partial charge in [-0.3, -0.25) is 9.59 Å². The number of hydrogen-bond donors (Lipinski definition) is 2. The van der Waals surface area contributed by atoms with E-state index in [-0.39, 0.29) is 5.92 Å². The van der Waals surface area contributed by atoms with E-state index in [9.17, 15) is 14.7 Å². The number of likely N-dealkylation sites (tertiary alicyclic amines) is 1. The molecular weight excluding hydrogens is 280 g/mol. The number of benzene rings is 1. The summed E-state index contributed by atoms with van der Waals surface area (Å²) in [5, 5.41) is 12.2. The second-order valence-corrected chi connectivity index (χ2v) is 6.27. The molecule has 1 fully saturated rings. The van der Waals surface area contributed by atoms with Crippen LogP contribution >= 0.6 is 0 Å². The molecule has 0 bridgehead atoms. The van der Waals surface area contributed by atoms with Crippen molar-refractivity contribution in [2.75, 3.05) is 18.4 Å².